The van der Waals surface area contributed by atoms with Crippen molar-refractivity contribution >= 4 is 48.9 Å². The SMILES string of the molecule is N#Cc1ccc(NS(=O)(=O)c2cc(Cl)ccc2N)c(Br)c1. The number of nitriles is 1. The Balaban J connectivity index is 2.43. The summed E-state index contributed by atoms with van der Waals surface area (Å²) in [6, 6.07) is 10.7. The first-order valence-corrected chi connectivity index (χ1v) is 8.26. The second kappa shape index (κ2) is 5.93. The van der Waals surface area contributed by atoms with Crippen LogP contribution in [0.5, 0.6) is 0 Å². The Morgan fingerprint density at radius 1 is 1.24 bits per heavy atom. The molecule has 0 saturated heterocycles. The number of hydrogen-bond donors (Lipinski definition) is 2. The Bertz CT molecular complexity index is 847. The molecule has 108 valence electrons. The Morgan fingerprint density at radius 2 is 1.95 bits per heavy atom. The lowest BCUT2D eigenvalue weighted by Crippen LogP contribution is -2.15. The van der Waals surface area contributed by atoms with Crippen LogP contribution in [0.25, 0.3) is 0 Å². The lowest BCUT2D eigenvalue weighted by atomic mass is 10.2. The molecular weight excluding hydrogens is 378 g/mol. The molecular formula is C13H9BrClN3O2S. The van der Waals surface area contributed by atoms with Crippen molar-refractivity contribution in [3.8, 4) is 6.07 Å². The van der Waals surface area contributed by atoms with Gasteiger partial charge in [-0.1, -0.05) is 11.6 Å². The fourth-order valence-electron chi connectivity index (χ4n) is 1.61. The molecule has 2 aromatic rings. The van der Waals surface area contributed by atoms with Crippen molar-refractivity contribution in [2.45, 2.75) is 4.90 Å². The highest BCUT2D eigenvalue weighted by atomic mass is 79.9. The minimum Gasteiger partial charge on any atom is -0.398 e. The van der Waals surface area contributed by atoms with E-state index in [9.17, 15) is 8.42 Å². The second-order valence-electron chi connectivity index (χ2n) is 4.09. The van der Waals surface area contributed by atoms with E-state index in [1.807, 2.05) is 6.07 Å². The van der Waals surface area contributed by atoms with E-state index >= 15 is 0 Å². The van der Waals surface area contributed by atoms with Gasteiger partial charge in [-0.05, 0) is 52.3 Å². The van der Waals surface area contributed by atoms with Crippen molar-refractivity contribution < 1.29 is 8.42 Å². The van der Waals surface area contributed by atoms with E-state index in [-0.39, 0.29) is 15.6 Å². The summed E-state index contributed by atoms with van der Waals surface area (Å²) in [6.45, 7) is 0. The highest BCUT2D eigenvalue weighted by Gasteiger charge is 2.19. The summed E-state index contributed by atoms with van der Waals surface area (Å²) in [5, 5.41) is 9.06. The summed E-state index contributed by atoms with van der Waals surface area (Å²) in [4.78, 5) is -0.105. The number of hydrogen-bond acceptors (Lipinski definition) is 4. The van der Waals surface area contributed by atoms with Gasteiger partial charge in [0, 0.05) is 9.50 Å². The van der Waals surface area contributed by atoms with Crippen LogP contribution in [0.15, 0.2) is 45.8 Å². The molecule has 0 aliphatic rings. The van der Waals surface area contributed by atoms with Crippen LogP contribution in [-0.2, 0) is 10.0 Å². The lowest BCUT2D eigenvalue weighted by molar-refractivity contribution is 0.601. The number of halogens is 2. The van der Waals surface area contributed by atoms with Gasteiger partial charge < -0.3 is 5.73 Å². The second-order valence-corrected chi connectivity index (χ2v) is 7.04. The lowest BCUT2D eigenvalue weighted by Gasteiger charge is -2.12. The van der Waals surface area contributed by atoms with Crippen LogP contribution in [0.2, 0.25) is 5.02 Å². The van der Waals surface area contributed by atoms with Crippen molar-refractivity contribution in [3.63, 3.8) is 0 Å². The van der Waals surface area contributed by atoms with Gasteiger partial charge in [-0.3, -0.25) is 4.72 Å². The van der Waals surface area contributed by atoms with Gasteiger partial charge in [-0.25, -0.2) is 8.42 Å². The zero-order chi connectivity index (χ0) is 15.6. The zero-order valence-electron chi connectivity index (χ0n) is 10.5. The van der Waals surface area contributed by atoms with Crippen LogP contribution in [0, 0.1) is 11.3 Å². The minimum absolute atomic E-state index is 0.0941. The van der Waals surface area contributed by atoms with Gasteiger partial charge in [-0.15, -0.1) is 0 Å². The molecule has 0 heterocycles. The Labute approximate surface area is 135 Å². The van der Waals surface area contributed by atoms with Gasteiger partial charge in [0.25, 0.3) is 10.0 Å². The standard InChI is InChI=1S/C13H9BrClN3O2S/c14-10-5-8(7-16)1-4-12(10)18-21(19,20)13-6-9(15)2-3-11(13)17/h1-6,18H,17H2. The van der Waals surface area contributed by atoms with E-state index in [2.05, 4.69) is 20.7 Å². The molecule has 0 aliphatic carbocycles. The third-order valence-electron chi connectivity index (χ3n) is 2.61. The number of anilines is 2. The van der Waals surface area contributed by atoms with Crippen LogP contribution in [-0.4, -0.2) is 8.42 Å². The van der Waals surface area contributed by atoms with E-state index in [0.29, 0.717) is 15.7 Å². The monoisotopic (exact) mass is 385 g/mol. The molecule has 3 N–H and O–H groups in total. The summed E-state index contributed by atoms with van der Waals surface area (Å²) < 4.78 is 27.5. The molecule has 5 nitrogen and oxygen atoms in total. The predicted octanol–water partition coefficient (Wildman–Crippen LogP) is 3.36. The van der Waals surface area contributed by atoms with E-state index in [1.54, 1.807) is 0 Å². The molecule has 0 saturated carbocycles. The Hall–Kier alpha value is -1.75. The topological polar surface area (TPSA) is 96.0 Å². The fourth-order valence-corrected chi connectivity index (χ4v) is 3.69. The molecule has 0 atom stereocenters. The number of nitrogen functional groups attached to an aromatic ring is 1. The average molecular weight is 387 g/mol. The number of nitrogens with two attached hydrogens (primary N) is 1. The molecule has 0 unspecified atom stereocenters. The normalized spacial score (nSPS) is 10.9. The van der Waals surface area contributed by atoms with Crippen molar-refractivity contribution in [2.24, 2.45) is 0 Å². The summed E-state index contributed by atoms with van der Waals surface area (Å²) in [6.07, 6.45) is 0. The maximum atomic E-state index is 12.3. The van der Waals surface area contributed by atoms with Gasteiger partial charge in [0.05, 0.1) is 23.0 Å². The molecule has 0 radical (unpaired) electrons. The first kappa shape index (κ1) is 15.6. The average Bonchev–Trinajstić information content (AvgIpc) is 2.43. The molecule has 0 bridgehead atoms. The molecule has 8 heteroatoms. The number of benzene rings is 2. The summed E-state index contributed by atoms with van der Waals surface area (Å²) in [7, 11) is -3.88. The van der Waals surface area contributed by atoms with Crippen LogP contribution >= 0.6 is 27.5 Å². The number of sulfonamides is 1. The van der Waals surface area contributed by atoms with Gasteiger partial charge >= 0.3 is 0 Å². The van der Waals surface area contributed by atoms with Crippen LogP contribution in [0.4, 0.5) is 11.4 Å². The van der Waals surface area contributed by atoms with E-state index in [0.717, 1.165) is 0 Å². The third-order valence-corrected chi connectivity index (χ3v) is 4.92. The van der Waals surface area contributed by atoms with Gasteiger partial charge in [-0.2, -0.15) is 5.26 Å². The maximum Gasteiger partial charge on any atom is 0.264 e. The van der Waals surface area contributed by atoms with Gasteiger partial charge in [0.1, 0.15) is 4.90 Å². The highest BCUT2D eigenvalue weighted by Crippen LogP contribution is 2.29. The first-order chi connectivity index (χ1) is 9.83. The molecule has 0 amide bonds. The maximum absolute atomic E-state index is 12.3. The number of nitrogens with zero attached hydrogens (tertiary/aromatic N) is 1. The van der Waals surface area contributed by atoms with E-state index in [1.165, 1.54) is 36.4 Å². The van der Waals surface area contributed by atoms with Crippen molar-refractivity contribution in [1.29, 1.82) is 5.26 Å². The van der Waals surface area contributed by atoms with Crippen LogP contribution < -0.4 is 10.5 Å². The molecule has 2 aromatic carbocycles. The number of nitrogens with one attached hydrogen (secondary N) is 1. The third kappa shape index (κ3) is 3.47. The van der Waals surface area contributed by atoms with E-state index < -0.39 is 10.0 Å². The van der Waals surface area contributed by atoms with Crippen molar-refractivity contribution in [3.05, 3.63) is 51.5 Å². The zero-order valence-corrected chi connectivity index (χ0v) is 13.6. The van der Waals surface area contributed by atoms with Crippen LogP contribution in [0.1, 0.15) is 5.56 Å². The largest absolute Gasteiger partial charge is 0.398 e. The van der Waals surface area contributed by atoms with Gasteiger partial charge in [0.15, 0.2) is 0 Å². The predicted molar refractivity (Wildman–Crippen MR) is 85.5 cm³/mol. The van der Waals surface area contributed by atoms with Gasteiger partial charge in [0.2, 0.25) is 0 Å². The summed E-state index contributed by atoms with van der Waals surface area (Å²) >= 11 is 9.01. The molecule has 0 aliphatic heterocycles. The Morgan fingerprint density at radius 3 is 2.57 bits per heavy atom. The van der Waals surface area contributed by atoms with Crippen LogP contribution in [0.3, 0.4) is 0 Å². The quantitative estimate of drug-likeness (QED) is 0.791. The fraction of sp³-hybridized carbons (Fsp3) is 0. The summed E-state index contributed by atoms with van der Waals surface area (Å²) in [5.41, 5.74) is 6.48. The smallest absolute Gasteiger partial charge is 0.264 e. The number of rotatable bonds is 3. The van der Waals surface area contributed by atoms with E-state index in [4.69, 9.17) is 22.6 Å². The molecule has 0 spiro atoms. The molecule has 0 aromatic heterocycles. The highest BCUT2D eigenvalue weighted by molar-refractivity contribution is 9.10. The van der Waals surface area contributed by atoms with Crippen molar-refractivity contribution in [1.82, 2.24) is 0 Å². The minimum atomic E-state index is -3.88. The Kier molecular flexibility index (Phi) is 4.42. The molecule has 0 fully saturated rings. The molecule has 2 rings (SSSR count). The summed E-state index contributed by atoms with van der Waals surface area (Å²) in [5.74, 6) is 0. The van der Waals surface area contributed by atoms with Crippen molar-refractivity contribution in [2.75, 3.05) is 10.5 Å². The first-order valence-electron chi connectivity index (χ1n) is 5.61. The molecule has 21 heavy (non-hydrogen) atoms.